The Morgan fingerprint density at radius 1 is 1.22 bits per heavy atom. The van der Waals surface area contributed by atoms with Gasteiger partial charge >= 0.3 is 0 Å². The Balaban J connectivity index is 1.84. The highest BCUT2D eigenvalue weighted by Crippen LogP contribution is 2.33. The summed E-state index contributed by atoms with van der Waals surface area (Å²) < 4.78 is 10.6. The quantitative estimate of drug-likeness (QED) is 0.781. The lowest BCUT2D eigenvalue weighted by molar-refractivity contribution is 0.382. The van der Waals surface area contributed by atoms with E-state index in [0.29, 0.717) is 5.82 Å². The first-order valence-corrected chi connectivity index (χ1v) is 6.53. The van der Waals surface area contributed by atoms with Crippen molar-refractivity contribution in [3.8, 4) is 10.4 Å². The number of anilines is 1. The van der Waals surface area contributed by atoms with Crippen molar-refractivity contribution >= 4 is 17.2 Å². The highest BCUT2D eigenvalue weighted by molar-refractivity contribution is 7.13. The molecule has 0 unspecified atom stereocenters. The van der Waals surface area contributed by atoms with E-state index >= 15 is 0 Å². The average molecular weight is 260 g/mol. The number of hydrogen-bond donors (Lipinski definition) is 1. The third-order valence-electron chi connectivity index (χ3n) is 2.74. The molecule has 0 aliphatic heterocycles. The van der Waals surface area contributed by atoms with E-state index in [2.05, 4.69) is 5.16 Å². The van der Waals surface area contributed by atoms with Gasteiger partial charge in [-0.1, -0.05) is 11.2 Å². The molecule has 3 aromatic heterocycles. The van der Waals surface area contributed by atoms with Crippen molar-refractivity contribution in [2.24, 2.45) is 0 Å². The monoisotopic (exact) mass is 260 g/mol. The number of aryl methyl sites for hydroxylation is 2. The largest absolute Gasteiger partial charge is 0.469 e. The van der Waals surface area contributed by atoms with E-state index in [-0.39, 0.29) is 0 Å². The summed E-state index contributed by atoms with van der Waals surface area (Å²) in [5.41, 5.74) is 6.77. The third-order valence-corrected chi connectivity index (χ3v) is 3.62. The van der Waals surface area contributed by atoms with Gasteiger partial charge in [-0.15, -0.1) is 11.3 Å². The zero-order valence-corrected chi connectivity index (χ0v) is 10.4. The molecule has 0 aliphatic rings. The second kappa shape index (κ2) is 4.70. The van der Waals surface area contributed by atoms with E-state index in [9.17, 15) is 0 Å². The molecule has 0 aliphatic carbocycles. The molecule has 3 heterocycles. The Labute approximate surface area is 108 Å². The Morgan fingerprint density at radius 3 is 2.89 bits per heavy atom. The van der Waals surface area contributed by atoms with Crippen LogP contribution in [-0.4, -0.2) is 5.16 Å². The number of furan rings is 1. The Kier molecular flexibility index (Phi) is 2.90. The molecule has 0 saturated heterocycles. The molecule has 0 aromatic carbocycles. The van der Waals surface area contributed by atoms with Gasteiger partial charge in [-0.2, -0.15) is 0 Å². The highest BCUT2D eigenvalue weighted by atomic mass is 32.1. The predicted octanol–water partition coefficient (Wildman–Crippen LogP) is 3.36. The average Bonchev–Trinajstić information content (AvgIpc) is 3.07. The van der Waals surface area contributed by atoms with E-state index in [4.69, 9.17) is 14.7 Å². The molecule has 0 fully saturated rings. The van der Waals surface area contributed by atoms with Crippen molar-refractivity contribution in [2.75, 3.05) is 5.73 Å². The second-order valence-electron chi connectivity index (χ2n) is 3.92. The molecule has 0 atom stereocenters. The zero-order chi connectivity index (χ0) is 12.4. The fourth-order valence-corrected chi connectivity index (χ4v) is 2.68. The van der Waals surface area contributed by atoms with E-state index in [1.54, 1.807) is 17.6 Å². The molecule has 3 rings (SSSR count). The van der Waals surface area contributed by atoms with Crippen molar-refractivity contribution in [2.45, 2.75) is 12.8 Å². The smallest absolute Gasteiger partial charge is 0.175 e. The maximum atomic E-state index is 5.86. The molecular formula is C13H12N2O2S. The summed E-state index contributed by atoms with van der Waals surface area (Å²) >= 11 is 1.63. The number of nitrogen functional groups attached to an aromatic ring is 1. The maximum Gasteiger partial charge on any atom is 0.175 e. The van der Waals surface area contributed by atoms with Crippen LogP contribution in [0.3, 0.4) is 0 Å². The minimum Gasteiger partial charge on any atom is -0.469 e. The van der Waals surface area contributed by atoms with Gasteiger partial charge in [0, 0.05) is 17.7 Å². The van der Waals surface area contributed by atoms with Crippen LogP contribution in [0, 0.1) is 0 Å². The summed E-state index contributed by atoms with van der Waals surface area (Å²) in [6.45, 7) is 0. The minimum atomic E-state index is 0.451. The van der Waals surface area contributed by atoms with Gasteiger partial charge in [0.05, 0.1) is 11.8 Å². The zero-order valence-electron chi connectivity index (χ0n) is 9.63. The normalized spacial score (nSPS) is 10.9. The van der Waals surface area contributed by atoms with Crippen LogP contribution in [-0.2, 0) is 12.8 Å². The fraction of sp³-hybridized carbons (Fsp3) is 0.154. The molecular weight excluding hydrogens is 248 g/mol. The van der Waals surface area contributed by atoms with Gasteiger partial charge in [0.25, 0.3) is 0 Å². The maximum absolute atomic E-state index is 5.86. The molecule has 0 spiro atoms. The van der Waals surface area contributed by atoms with Gasteiger partial charge in [0.2, 0.25) is 0 Å². The van der Waals surface area contributed by atoms with E-state index in [0.717, 1.165) is 34.8 Å². The Hall–Kier alpha value is -2.01. The van der Waals surface area contributed by atoms with Crippen LogP contribution in [0.5, 0.6) is 0 Å². The molecule has 2 N–H and O–H groups in total. The van der Waals surface area contributed by atoms with Crippen LogP contribution in [0.25, 0.3) is 10.4 Å². The van der Waals surface area contributed by atoms with Crippen LogP contribution in [0.4, 0.5) is 5.82 Å². The molecule has 0 amide bonds. The minimum absolute atomic E-state index is 0.451. The summed E-state index contributed by atoms with van der Waals surface area (Å²) in [4.78, 5) is 1.09. The third kappa shape index (κ3) is 2.04. The van der Waals surface area contributed by atoms with Crippen LogP contribution >= 0.6 is 11.3 Å². The highest BCUT2D eigenvalue weighted by Gasteiger charge is 2.16. The van der Waals surface area contributed by atoms with Gasteiger partial charge in [0.15, 0.2) is 5.82 Å². The van der Waals surface area contributed by atoms with Gasteiger partial charge in [-0.05, 0) is 23.6 Å². The summed E-state index contributed by atoms with van der Waals surface area (Å²) in [5.74, 6) is 2.19. The van der Waals surface area contributed by atoms with E-state index in [1.807, 2.05) is 29.6 Å². The number of thiophene rings is 1. The molecule has 0 saturated carbocycles. The second-order valence-corrected chi connectivity index (χ2v) is 4.87. The molecule has 4 nitrogen and oxygen atoms in total. The van der Waals surface area contributed by atoms with Crippen LogP contribution in [0.1, 0.15) is 11.5 Å². The number of rotatable bonds is 4. The first-order valence-electron chi connectivity index (χ1n) is 5.65. The first kappa shape index (κ1) is 11.1. The van der Waals surface area contributed by atoms with Crippen molar-refractivity contribution in [3.05, 3.63) is 47.4 Å². The van der Waals surface area contributed by atoms with Crippen LogP contribution < -0.4 is 5.73 Å². The summed E-state index contributed by atoms with van der Waals surface area (Å²) in [6.07, 6.45) is 3.18. The summed E-state index contributed by atoms with van der Waals surface area (Å²) in [6, 6.07) is 7.83. The summed E-state index contributed by atoms with van der Waals surface area (Å²) in [5, 5.41) is 5.86. The van der Waals surface area contributed by atoms with Gasteiger partial charge in [-0.25, -0.2) is 0 Å². The van der Waals surface area contributed by atoms with Gasteiger partial charge in [-0.3, -0.25) is 0 Å². The number of nitrogens with zero attached hydrogens (tertiary/aromatic N) is 1. The number of hydrogen-bond acceptors (Lipinski definition) is 5. The number of aromatic nitrogens is 1. The molecule has 3 aromatic rings. The van der Waals surface area contributed by atoms with Crippen LogP contribution in [0.15, 0.2) is 44.8 Å². The molecule has 0 bridgehead atoms. The van der Waals surface area contributed by atoms with Crippen molar-refractivity contribution in [3.63, 3.8) is 0 Å². The fourth-order valence-electron chi connectivity index (χ4n) is 1.89. The number of nitrogens with two attached hydrogens (primary N) is 1. The van der Waals surface area contributed by atoms with Crippen molar-refractivity contribution in [1.82, 2.24) is 5.16 Å². The first-order chi connectivity index (χ1) is 8.84. The van der Waals surface area contributed by atoms with Gasteiger partial charge < -0.3 is 14.7 Å². The topological polar surface area (TPSA) is 65.2 Å². The molecule has 18 heavy (non-hydrogen) atoms. The standard InChI is InChI=1S/C13H12N2O2S/c14-13-12(11-4-2-8-18-11)10(17-15-13)6-5-9-3-1-7-16-9/h1-4,7-8H,5-6H2,(H2,14,15). The van der Waals surface area contributed by atoms with Crippen LogP contribution in [0.2, 0.25) is 0 Å². The van der Waals surface area contributed by atoms with E-state index < -0.39 is 0 Å². The van der Waals surface area contributed by atoms with Crippen molar-refractivity contribution in [1.29, 1.82) is 0 Å². The Morgan fingerprint density at radius 2 is 2.17 bits per heavy atom. The lowest BCUT2D eigenvalue weighted by Gasteiger charge is -1.98. The molecule has 92 valence electrons. The molecule has 0 radical (unpaired) electrons. The SMILES string of the molecule is Nc1noc(CCc2ccco2)c1-c1cccs1. The lowest BCUT2D eigenvalue weighted by Crippen LogP contribution is -1.91. The van der Waals surface area contributed by atoms with Gasteiger partial charge in [0.1, 0.15) is 11.5 Å². The molecule has 5 heteroatoms. The van der Waals surface area contributed by atoms with E-state index in [1.165, 1.54) is 0 Å². The predicted molar refractivity (Wildman–Crippen MR) is 70.3 cm³/mol. The lowest BCUT2D eigenvalue weighted by atomic mass is 10.1. The summed E-state index contributed by atoms with van der Waals surface area (Å²) in [7, 11) is 0. The Bertz CT molecular complexity index is 612. The van der Waals surface area contributed by atoms with Crippen molar-refractivity contribution < 1.29 is 8.94 Å².